The predicted molar refractivity (Wildman–Crippen MR) is 83.3 cm³/mol. The molecule has 0 heterocycles. The Labute approximate surface area is 126 Å². The largest absolute Gasteiger partial charge is 0.379 e. The van der Waals surface area contributed by atoms with Gasteiger partial charge in [-0.05, 0) is 61.7 Å². The second-order valence-electron chi connectivity index (χ2n) is 3.58. The third-order valence-electron chi connectivity index (χ3n) is 2.32. The van der Waals surface area contributed by atoms with Crippen LogP contribution in [-0.4, -0.2) is 0 Å². The van der Waals surface area contributed by atoms with Crippen LogP contribution in [0.2, 0.25) is 0 Å². The van der Waals surface area contributed by atoms with Crippen LogP contribution in [0.1, 0.15) is 5.56 Å². The van der Waals surface area contributed by atoms with Crippen molar-refractivity contribution in [2.24, 2.45) is 0 Å². The molecule has 0 atom stereocenters. The minimum absolute atomic E-state index is 0.792. The first-order chi connectivity index (χ1) is 8.16. The number of rotatable bonds is 3. The molecule has 0 unspecified atom stereocenters. The highest BCUT2D eigenvalue weighted by molar-refractivity contribution is 9.11. The molecule has 0 radical (unpaired) electrons. The van der Waals surface area contributed by atoms with Crippen molar-refractivity contribution in [2.75, 3.05) is 5.32 Å². The zero-order chi connectivity index (χ0) is 12.3. The van der Waals surface area contributed by atoms with Crippen LogP contribution in [0.15, 0.2) is 55.9 Å². The Bertz CT molecular complexity index is 506. The number of halogens is 3. The summed E-state index contributed by atoms with van der Waals surface area (Å²) < 4.78 is 3.21. The first-order valence-electron chi connectivity index (χ1n) is 5.09. The Morgan fingerprint density at radius 1 is 0.882 bits per heavy atom. The minimum atomic E-state index is 0.792. The Morgan fingerprint density at radius 3 is 2.18 bits per heavy atom. The molecule has 2 aromatic carbocycles. The van der Waals surface area contributed by atoms with E-state index in [2.05, 4.69) is 65.2 Å². The average molecular weight is 420 g/mol. The number of para-hydroxylation sites is 1. The van der Waals surface area contributed by atoms with Gasteiger partial charge in [0, 0.05) is 20.0 Å². The summed E-state index contributed by atoms with van der Waals surface area (Å²) in [5.74, 6) is 0. The Balaban J connectivity index is 2.13. The molecule has 0 saturated carbocycles. The Hall–Kier alpha value is -0.320. The van der Waals surface area contributed by atoms with Gasteiger partial charge in [-0.3, -0.25) is 0 Å². The van der Waals surface area contributed by atoms with E-state index in [1.807, 2.05) is 30.3 Å². The first-order valence-corrected chi connectivity index (χ1v) is 7.47. The van der Waals surface area contributed by atoms with E-state index in [0.717, 1.165) is 25.7 Å². The van der Waals surface area contributed by atoms with E-state index in [-0.39, 0.29) is 0 Å². The third-order valence-corrected chi connectivity index (χ3v) is 4.14. The number of anilines is 1. The van der Waals surface area contributed by atoms with Crippen molar-refractivity contribution < 1.29 is 0 Å². The second-order valence-corrected chi connectivity index (χ2v) is 6.20. The maximum Gasteiger partial charge on any atom is 0.0631 e. The third kappa shape index (κ3) is 3.57. The summed E-state index contributed by atoms with van der Waals surface area (Å²) >= 11 is 10.5. The first kappa shape index (κ1) is 13.1. The van der Waals surface area contributed by atoms with Crippen molar-refractivity contribution in [3.05, 3.63) is 61.4 Å². The quantitative estimate of drug-likeness (QED) is 0.684. The van der Waals surface area contributed by atoms with Crippen LogP contribution < -0.4 is 5.32 Å². The van der Waals surface area contributed by atoms with E-state index in [9.17, 15) is 0 Å². The smallest absolute Gasteiger partial charge is 0.0631 e. The van der Waals surface area contributed by atoms with E-state index in [4.69, 9.17) is 0 Å². The number of benzene rings is 2. The molecule has 0 saturated heterocycles. The lowest BCUT2D eigenvalue weighted by molar-refractivity contribution is 1.14. The van der Waals surface area contributed by atoms with Crippen molar-refractivity contribution in [1.29, 1.82) is 0 Å². The molecule has 0 fully saturated rings. The summed E-state index contributed by atoms with van der Waals surface area (Å²) in [6, 6.07) is 14.3. The summed E-state index contributed by atoms with van der Waals surface area (Å²) in [4.78, 5) is 0. The van der Waals surface area contributed by atoms with Gasteiger partial charge in [-0.25, -0.2) is 0 Å². The molecule has 0 aliphatic heterocycles. The van der Waals surface area contributed by atoms with Crippen molar-refractivity contribution in [3.63, 3.8) is 0 Å². The van der Waals surface area contributed by atoms with Crippen molar-refractivity contribution >= 4 is 53.5 Å². The molecule has 0 spiro atoms. The summed E-state index contributed by atoms with van der Waals surface area (Å²) in [6.07, 6.45) is 0. The fraction of sp³-hybridized carbons (Fsp3) is 0.0769. The topological polar surface area (TPSA) is 12.0 Å². The van der Waals surface area contributed by atoms with Gasteiger partial charge in [0.1, 0.15) is 0 Å². The fourth-order valence-electron chi connectivity index (χ4n) is 1.50. The van der Waals surface area contributed by atoms with Gasteiger partial charge >= 0.3 is 0 Å². The Kier molecular flexibility index (Phi) is 4.65. The molecule has 0 aromatic heterocycles. The van der Waals surface area contributed by atoms with Gasteiger partial charge in [0.15, 0.2) is 0 Å². The number of nitrogens with one attached hydrogen (secondary N) is 1. The lowest BCUT2D eigenvalue weighted by Gasteiger charge is -2.10. The molecular weight excluding hydrogens is 410 g/mol. The van der Waals surface area contributed by atoms with Crippen LogP contribution in [0.3, 0.4) is 0 Å². The minimum Gasteiger partial charge on any atom is -0.379 e. The molecule has 1 nitrogen and oxygen atoms in total. The zero-order valence-corrected chi connectivity index (χ0v) is 13.6. The molecular formula is C13H10Br3N. The molecule has 4 heteroatoms. The molecule has 2 aromatic rings. The van der Waals surface area contributed by atoms with Gasteiger partial charge in [0.25, 0.3) is 0 Å². The molecule has 1 N–H and O–H groups in total. The normalized spacial score (nSPS) is 10.3. The molecule has 0 amide bonds. The Morgan fingerprint density at radius 2 is 1.53 bits per heavy atom. The van der Waals surface area contributed by atoms with Crippen molar-refractivity contribution in [2.45, 2.75) is 6.54 Å². The van der Waals surface area contributed by atoms with Crippen molar-refractivity contribution in [1.82, 2.24) is 0 Å². The second kappa shape index (κ2) is 6.03. The van der Waals surface area contributed by atoms with E-state index in [1.54, 1.807) is 0 Å². The van der Waals surface area contributed by atoms with Gasteiger partial charge in [-0.15, -0.1) is 0 Å². The molecule has 2 rings (SSSR count). The molecule has 0 aliphatic carbocycles. The summed E-state index contributed by atoms with van der Waals surface area (Å²) in [5, 5.41) is 3.41. The number of hydrogen-bond acceptors (Lipinski definition) is 1. The summed E-state index contributed by atoms with van der Waals surface area (Å²) in [7, 11) is 0. The fourth-order valence-corrected chi connectivity index (χ4v) is 3.23. The molecule has 0 bridgehead atoms. The average Bonchev–Trinajstić information content (AvgIpc) is 2.28. The van der Waals surface area contributed by atoms with Crippen LogP contribution in [0, 0.1) is 0 Å². The standard InChI is InChI=1S/C13H10Br3N/c14-10-4-1-3-9(7-10)8-17-13-11(15)5-2-6-12(13)16/h1-7,17H,8H2. The van der Waals surface area contributed by atoms with E-state index >= 15 is 0 Å². The lowest BCUT2D eigenvalue weighted by Crippen LogP contribution is -2.00. The highest BCUT2D eigenvalue weighted by atomic mass is 79.9. The van der Waals surface area contributed by atoms with E-state index < -0.39 is 0 Å². The monoisotopic (exact) mass is 417 g/mol. The van der Waals surface area contributed by atoms with Crippen LogP contribution in [0.5, 0.6) is 0 Å². The van der Waals surface area contributed by atoms with Crippen LogP contribution in [0.25, 0.3) is 0 Å². The summed E-state index contributed by atoms with van der Waals surface area (Å²) in [6.45, 7) is 0.792. The molecule has 88 valence electrons. The summed E-state index contributed by atoms with van der Waals surface area (Å²) in [5.41, 5.74) is 2.31. The van der Waals surface area contributed by atoms with Crippen LogP contribution in [-0.2, 0) is 6.54 Å². The van der Waals surface area contributed by atoms with Gasteiger partial charge in [-0.1, -0.05) is 34.1 Å². The van der Waals surface area contributed by atoms with Gasteiger partial charge in [-0.2, -0.15) is 0 Å². The number of hydrogen-bond donors (Lipinski definition) is 1. The van der Waals surface area contributed by atoms with Crippen molar-refractivity contribution in [3.8, 4) is 0 Å². The zero-order valence-electron chi connectivity index (χ0n) is 8.88. The van der Waals surface area contributed by atoms with Crippen LogP contribution in [0.4, 0.5) is 5.69 Å². The SMILES string of the molecule is Brc1cccc(CNc2c(Br)cccc2Br)c1. The van der Waals surface area contributed by atoms with Gasteiger partial charge in [0.2, 0.25) is 0 Å². The highest BCUT2D eigenvalue weighted by Gasteiger charge is 2.03. The van der Waals surface area contributed by atoms with Crippen LogP contribution >= 0.6 is 47.8 Å². The maximum absolute atomic E-state index is 3.53. The van der Waals surface area contributed by atoms with E-state index in [1.165, 1.54) is 5.56 Å². The highest BCUT2D eigenvalue weighted by Crippen LogP contribution is 2.30. The van der Waals surface area contributed by atoms with Gasteiger partial charge in [0.05, 0.1) is 5.69 Å². The molecule has 17 heavy (non-hydrogen) atoms. The molecule has 0 aliphatic rings. The van der Waals surface area contributed by atoms with E-state index in [0.29, 0.717) is 0 Å². The maximum atomic E-state index is 3.53. The lowest BCUT2D eigenvalue weighted by atomic mass is 10.2. The van der Waals surface area contributed by atoms with Gasteiger partial charge < -0.3 is 5.32 Å². The predicted octanol–water partition coefficient (Wildman–Crippen LogP) is 5.59.